The number of halogens is 1. The summed E-state index contributed by atoms with van der Waals surface area (Å²) in [4.78, 5) is 26.8. The van der Waals surface area contributed by atoms with Gasteiger partial charge in [0.15, 0.2) is 10.4 Å². The van der Waals surface area contributed by atoms with Crippen LogP contribution < -0.4 is 10.2 Å². The minimum absolute atomic E-state index is 0.146. The molecule has 0 aliphatic carbocycles. The molecule has 0 atom stereocenters. The van der Waals surface area contributed by atoms with Crippen molar-refractivity contribution in [3.05, 3.63) is 52.4 Å². The Balaban J connectivity index is 1.79. The smallest absolute Gasteiger partial charge is 0.293 e. The molecule has 0 bridgehead atoms. The maximum absolute atomic E-state index is 12.7. The highest BCUT2D eigenvalue weighted by Crippen LogP contribution is 2.24. The molecule has 2 amide bonds. The third-order valence-corrected chi connectivity index (χ3v) is 5.63. The number of thioether (sulfide) groups is 1. The lowest BCUT2D eigenvalue weighted by atomic mass is 10.1. The Bertz CT molecular complexity index is 771. The molecule has 25 heavy (non-hydrogen) atoms. The molecule has 5 nitrogen and oxygen atoms in total. The van der Waals surface area contributed by atoms with E-state index >= 15 is 0 Å². The molecule has 132 valence electrons. The Morgan fingerprint density at radius 2 is 1.92 bits per heavy atom. The molecule has 1 saturated heterocycles. The van der Waals surface area contributed by atoms with E-state index in [1.54, 1.807) is 37.4 Å². The Hall–Kier alpha value is -1.73. The van der Waals surface area contributed by atoms with Gasteiger partial charge in [-0.2, -0.15) is 11.8 Å². The van der Waals surface area contributed by atoms with Crippen LogP contribution in [0, 0.1) is 0 Å². The van der Waals surface area contributed by atoms with E-state index in [9.17, 15) is 9.59 Å². The van der Waals surface area contributed by atoms with Crippen molar-refractivity contribution in [3.63, 3.8) is 0 Å². The van der Waals surface area contributed by atoms with E-state index in [0.29, 0.717) is 15.9 Å². The van der Waals surface area contributed by atoms with E-state index in [1.165, 1.54) is 4.90 Å². The van der Waals surface area contributed by atoms with Crippen molar-refractivity contribution in [3.8, 4) is 0 Å². The van der Waals surface area contributed by atoms with Crippen LogP contribution in [0.2, 0.25) is 0 Å². The molecule has 0 spiro atoms. The Morgan fingerprint density at radius 3 is 2.60 bits per heavy atom. The summed E-state index contributed by atoms with van der Waals surface area (Å²) in [7, 11) is 1.64. The van der Waals surface area contributed by atoms with Crippen LogP contribution >= 0.6 is 27.7 Å². The maximum Gasteiger partial charge on any atom is 0.293 e. The number of carbonyl (C=O) groups excluding carboxylic acids is 2. The number of rotatable bonds is 4. The van der Waals surface area contributed by atoms with Gasteiger partial charge in [0.1, 0.15) is 0 Å². The fraction of sp³-hybridized carbons (Fsp3) is 0.333. The normalized spacial score (nSPS) is 15.0. The van der Waals surface area contributed by atoms with Gasteiger partial charge in [-0.3, -0.25) is 9.59 Å². The second-order valence-electron chi connectivity index (χ2n) is 5.85. The van der Waals surface area contributed by atoms with Crippen LogP contribution in [0.4, 0.5) is 5.69 Å². The topological polar surface area (TPSA) is 62.6 Å². The van der Waals surface area contributed by atoms with Crippen LogP contribution in [0.15, 0.2) is 45.5 Å². The molecule has 1 fully saturated rings. The summed E-state index contributed by atoms with van der Waals surface area (Å²) in [5.74, 6) is 1.90. The number of para-hydroxylation sites is 1. The fourth-order valence-electron chi connectivity index (χ4n) is 2.77. The number of amides is 2. The molecular weight excluding hydrogens is 404 g/mol. The third kappa shape index (κ3) is 4.27. The van der Waals surface area contributed by atoms with Gasteiger partial charge in [-0.25, -0.2) is 0 Å². The molecular formula is C18H19BrN2O3S. The van der Waals surface area contributed by atoms with Gasteiger partial charge in [0.25, 0.3) is 11.8 Å². The second kappa shape index (κ2) is 8.10. The zero-order chi connectivity index (χ0) is 17.8. The molecule has 1 N–H and O–H groups in total. The number of hydrogen-bond acceptors (Lipinski definition) is 4. The standard InChI is InChI=1S/C18H19BrN2O3S/c1-21(18(23)15-6-7-16(19)24-15)14-5-3-2-4-13(14)17(22)20-12-8-10-25-11-9-12/h2-7,12H,8-11H2,1H3,(H,20,22). The molecule has 1 aliphatic rings. The molecule has 7 heteroatoms. The number of carbonyl (C=O) groups is 2. The summed E-state index contributed by atoms with van der Waals surface area (Å²) in [6.07, 6.45) is 1.96. The molecule has 1 aliphatic heterocycles. The molecule has 2 aromatic rings. The van der Waals surface area contributed by atoms with Crippen molar-refractivity contribution in [2.24, 2.45) is 0 Å². The minimum Gasteiger partial charge on any atom is -0.444 e. The van der Waals surface area contributed by atoms with Crippen LogP contribution in [0.3, 0.4) is 0 Å². The summed E-state index contributed by atoms with van der Waals surface area (Å²) in [6.45, 7) is 0. The van der Waals surface area contributed by atoms with Gasteiger partial charge in [-0.05, 0) is 64.5 Å². The first-order chi connectivity index (χ1) is 12.1. The van der Waals surface area contributed by atoms with Crippen LogP contribution in [0.1, 0.15) is 33.8 Å². The van der Waals surface area contributed by atoms with Crippen LogP contribution in [-0.4, -0.2) is 36.4 Å². The van der Waals surface area contributed by atoms with Gasteiger partial charge < -0.3 is 14.6 Å². The summed E-state index contributed by atoms with van der Waals surface area (Å²) >= 11 is 5.11. The molecule has 0 radical (unpaired) electrons. The first-order valence-electron chi connectivity index (χ1n) is 8.07. The van der Waals surface area contributed by atoms with E-state index in [2.05, 4.69) is 21.2 Å². The van der Waals surface area contributed by atoms with E-state index < -0.39 is 0 Å². The quantitative estimate of drug-likeness (QED) is 0.809. The van der Waals surface area contributed by atoms with Gasteiger partial charge in [-0.15, -0.1) is 0 Å². The van der Waals surface area contributed by atoms with E-state index in [0.717, 1.165) is 24.3 Å². The first-order valence-corrected chi connectivity index (χ1v) is 10.0. The van der Waals surface area contributed by atoms with E-state index in [1.807, 2.05) is 17.8 Å². The highest BCUT2D eigenvalue weighted by Gasteiger charge is 2.23. The number of nitrogens with one attached hydrogen (secondary N) is 1. The van der Waals surface area contributed by atoms with Crippen LogP contribution in [0.25, 0.3) is 0 Å². The van der Waals surface area contributed by atoms with Gasteiger partial charge >= 0.3 is 0 Å². The zero-order valence-corrected chi connectivity index (χ0v) is 16.2. The third-order valence-electron chi connectivity index (χ3n) is 4.16. The average molecular weight is 423 g/mol. The number of benzene rings is 1. The largest absolute Gasteiger partial charge is 0.444 e. The van der Waals surface area contributed by atoms with Crippen LogP contribution in [-0.2, 0) is 0 Å². The Morgan fingerprint density at radius 1 is 1.20 bits per heavy atom. The van der Waals surface area contributed by atoms with Gasteiger partial charge in [0, 0.05) is 13.1 Å². The Kier molecular flexibility index (Phi) is 5.86. The van der Waals surface area contributed by atoms with Crippen molar-refractivity contribution in [1.82, 2.24) is 5.32 Å². The number of hydrogen-bond donors (Lipinski definition) is 1. The lowest BCUT2D eigenvalue weighted by Crippen LogP contribution is -2.38. The summed E-state index contributed by atoms with van der Waals surface area (Å²) in [5, 5.41) is 3.09. The predicted octanol–water partition coefficient (Wildman–Crippen LogP) is 3.94. The van der Waals surface area contributed by atoms with Crippen molar-refractivity contribution >= 4 is 45.2 Å². The van der Waals surface area contributed by atoms with Crippen molar-refractivity contribution in [1.29, 1.82) is 0 Å². The molecule has 1 aromatic heterocycles. The summed E-state index contributed by atoms with van der Waals surface area (Å²) < 4.78 is 5.82. The highest BCUT2D eigenvalue weighted by molar-refractivity contribution is 9.10. The first kappa shape index (κ1) is 18.1. The zero-order valence-electron chi connectivity index (χ0n) is 13.8. The van der Waals surface area contributed by atoms with Crippen molar-refractivity contribution < 1.29 is 14.0 Å². The molecule has 1 aromatic carbocycles. The maximum atomic E-state index is 12.7. The Labute approximate surface area is 159 Å². The average Bonchev–Trinajstić information content (AvgIpc) is 3.07. The number of anilines is 1. The lowest BCUT2D eigenvalue weighted by Gasteiger charge is -2.24. The van der Waals surface area contributed by atoms with Crippen LogP contribution in [0.5, 0.6) is 0 Å². The fourth-order valence-corrected chi connectivity index (χ4v) is 4.18. The SMILES string of the molecule is CN(C(=O)c1ccc(Br)o1)c1ccccc1C(=O)NC1CCSCC1. The summed E-state index contributed by atoms with van der Waals surface area (Å²) in [6, 6.07) is 10.6. The van der Waals surface area contributed by atoms with E-state index in [-0.39, 0.29) is 23.6 Å². The predicted molar refractivity (Wildman–Crippen MR) is 103 cm³/mol. The van der Waals surface area contributed by atoms with Gasteiger partial charge in [-0.1, -0.05) is 12.1 Å². The number of nitrogens with zero attached hydrogens (tertiary/aromatic N) is 1. The monoisotopic (exact) mass is 422 g/mol. The second-order valence-corrected chi connectivity index (χ2v) is 7.85. The molecule has 0 saturated carbocycles. The van der Waals surface area contributed by atoms with Crippen molar-refractivity contribution in [2.45, 2.75) is 18.9 Å². The molecule has 0 unspecified atom stereocenters. The molecule has 3 rings (SSSR count). The highest BCUT2D eigenvalue weighted by atomic mass is 79.9. The minimum atomic E-state index is -0.306. The number of furan rings is 1. The van der Waals surface area contributed by atoms with E-state index in [4.69, 9.17) is 4.42 Å². The lowest BCUT2D eigenvalue weighted by molar-refractivity contribution is 0.0935. The van der Waals surface area contributed by atoms with Gasteiger partial charge in [0.05, 0.1) is 11.3 Å². The van der Waals surface area contributed by atoms with Gasteiger partial charge in [0.2, 0.25) is 0 Å². The van der Waals surface area contributed by atoms with Crippen molar-refractivity contribution in [2.75, 3.05) is 23.5 Å². The summed E-state index contributed by atoms with van der Waals surface area (Å²) in [5.41, 5.74) is 1.05. The molecule has 2 heterocycles.